The number of halogens is 2. The molecule has 3 aromatic rings. The Labute approximate surface area is 183 Å². The Morgan fingerprint density at radius 1 is 0.966 bits per heavy atom. The van der Waals surface area contributed by atoms with Crippen LogP contribution in [0.25, 0.3) is 0 Å². The Morgan fingerprint density at radius 3 is 2.41 bits per heavy atom. The Hall–Kier alpha value is -2.91. The fraction of sp³-hybridized carbons (Fsp3) is 0. The van der Waals surface area contributed by atoms with E-state index in [0.717, 1.165) is 15.5 Å². The van der Waals surface area contributed by atoms with Gasteiger partial charge in [0, 0.05) is 21.7 Å². The molecule has 0 fully saturated rings. The zero-order valence-corrected chi connectivity index (χ0v) is 17.4. The van der Waals surface area contributed by atoms with Crippen LogP contribution in [0.5, 0.6) is 0 Å². The number of rotatable bonds is 6. The lowest BCUT2D eigenvalue weighted by Crippen LogP contribution is -2.14. The van der Waals surface area contributed by atoms with Crippen molar-refractivity contribution >= 4 is 52.2 Å². The van der Waals surface area contributed by atoms with Crippen LogP contribution in [-0.4, -0.2) is 5.91 Å². The number of para-hydroxylation sites is 1. The summed E-state index contributed by atoms with van der Waals surface area (Å²) in [5.41, 5.74) is 1.16. The number of carbonyl (C=O) groups is 1. The summed E-state index contributed by atoms with van der Waals surface area (Å²) in [5.74, 6) is -0.549. The molecule has 4 nitrogen and oxygen atoms in total. The lowest BCUT2D eigenvalue weighted by atomic mass is 10.2. The summed E-state index contributed by atoms with van der Waals surface area (Å²) < 4.78 is 0. The lowest BCUT2D eigenvalue weighted by molar-refractivity contribution is -0.112. The quantitative estimate of drug-likeness (QED) is 0.335. The van der Waals surface area contributed by atoms with Crippen molar-refractivity contribution in [3.05, 3.63) is 94.6 Å². The minimum Gasteiger partial charge on any atom is -0.359 e. The van der Waals surface area contributed by atoms with Gasteiger partial charge in [-0.1, -0.05) is 65.3 Å². The van der Waals surface area contributed by atoms with Crippen LogP contribution < -0.4 is 10.6 Å². The molecule has 29 heavy (non-hydrogen) atoms. The van der Waals surface area contributed by atoms with Gasteiger partial charge in [0.25, 0.3) is 5.91 Å². The average Bonchev–Trinajstić information content (AvgIpc) is 2.73. The molecule has 0 aliphatic rings. The van der Waals surface area contributed by atoms with Crippen LogP contribution in [0.4, 0.5) is 11.4 Å². The van der Waals surface area contributed by atoms with Gasteiger partial charge in [0.2, 0.25) is 0 Å². The molecule has 0 aromatic heterocycles. The highest BCUT2D eigenvalue weighted by molar-refractivity contribution is 7.99. The summed E-state index contributed by atoms with van der Waals surface area (Å²) in [6.07, 6.45) is 1.39. The van der Waals surface area contributed by atoms with E-state index in [9.17, 15) is 10.1 Å². The molecule has 0 aliphatic carbocycles. The molecular formula is C22H15Cl2N3OS. The number of nitrogens with zero attached hydrogens (tertiary/aromatic N) is 1. The fourth-order valence-electron chi connectivity index (χ4n) is 2.36. The molecule has 0 bridgehead atoms. The first-order valence-corrected chi connectivity index (χ1v) is 10.1. The molecule has 0 saturated heterocycles. The van der Waals surface area contributed by atoms with Crippen molar-refractivity contribution in [2.45, 2.75) is 9.79 Å². The second kappa shape index (κ2) is 10.0. The predicted molar refractivity (Wildman–Crippen MR) is 119 cm³/mol. The van der Waals surface area contributed by atoms with E-state index in [4.69, 9.17) is 23.2 Å². The van der Waals surface area contributed by atoms with Gasteiger partial charge in [-0.3, -0.25) is 4.79 Å². The summed E-state index contributed by atoms with van der Waals surface area (Å²) >= 11 is 13.4. The third-order valence-electron chi connectivity index (χ3n) is 3.77. The highest BCUT2D eigenvalue weighted by atomic mass is 35.5. The van der Waals surface area contributed by atoms with Crippen LogP contribution in [0.2, 0.25) is 10.0 Å². The van der Waals surface area contributed by atoms with Gasteiger partial charge < -0.3 is 10.6 Å². The first kappa shape index (κ1) is 20.8. The van der Waals surface area contributed by atoms with Crippen LogP contribution >= 0.6 is 35.0 Å². The summed E-state index contributed by atoms with van der Waals surface area (Å²) in [6.45, 7) is 0. The van der Waals surface area contributed by atoms with Gasteiger partial charge in [0.05, 0.1) is 15.7 Å². The van der Waals surface area contributed by atoms with E-state index in [2.05, 4.69) is 10.6 Å². The van der Waals surface area contributed by atoms with Crippen molar-refractivity contribution in [3.63, 3.8) is 0 Å². The number of hydrogen-bond acceptors (Lipinski definition) is 4. The summed E-state index contributed by atoms with van der Waals surface area (Å²) in [4.78, 5) is 14.5. The molecule has 0 heterocycles. The van der Waals surface area contributed by atoms with Gasteiger partial charge in [-0.05, 0) is 42.5 Å². The number of amides is 1. The Bertz CT molecular complexity index is 1090. The second-order valence-electron chi connectivity index (χ2n) is 5.81. The summed E-state index contributed by atoms with van der Waals surface area (Å²) in [5, 5.41) is 15.8. The zero-order valence-electron chi connectivity index (χ0n) is 15.0. The monoisotopic (exact) mass is 439 g/mol. The molecule has 0 radical (unpaired) electrons. The van der Waals surface area contributed by atoms with Crippen molar-refractivity contribution in [1.82, 2.24) is 0 Å². The minimum atomic E-state index is -0.549. The topological polar surface area (TPSA) is 64.9 Å². The van der Waals surface area contributed by atoms with E-state index in [-0.39, 0.29) is 5.57 Å². The highest BCUT2D eigenvalue weighted by Crippen LogP contribution is 2.33. The smallest absolute Gasteiger partial charge is 0.267 e. The van der Waals surface area contributed by atoms with Crippen molar-refractivity contribution < 1.29 is 4.79 Å². The molecule has 0 atom stereocenters. The number of nitrogens with one attached hydrogen (secondary N) is 2. The van der Waals surface area contributed by atoms with Crippen LogP contribution in [-0.2, 0) is 4.79 Å². The van der Waals surface area contributed by atoms with Crippen molar-refractivity contribution in [1.29, 1.82) is 5.26 Å². The van der Waals surface area contributed by atoms with Crippen LogP contribution in [0.3, 0.4) is 0 Å². The normalized spacial score (nSPS) is 10.9. The van der Waals surface area contributed by atoms with E-state index < -0.39 is 5.91 Å². The zero-order chi connectivity index (χ0) is 20.6. The Balaban J connectivity index is 1.74. The first-order valence-electron chi connectivity index (χ1n) is 8.52. The third kappa shape index (κ3) is 5.78. The molecule has 3 aromatic carbocycles. The molecule has 3 rings (SSSR count). The Morgan fingerprint density at radius 2 is 1.69 bits per heavy atom. The lowest BCUT2D eigenvalue weighted by Gasteiger charge is -2.10. The fourth-order valence-corrected chi connectivity index (χ4v) is 3.59. The molecular weight excluding hydrogens is 425 g/mol. The molecule has 7 heteroatoms. The maximum atomic E-state index is 12.4. The van der Waals surface area contributed by atoms with Crippen molar-refractivity contribution in [2.24, 2.45) is 0 Å². The number of carbonyl (C=O) groups excluding carboxylic acids is 1. The SMILES string of the molecule is N#C/C(=C/Nc1ccccc1Sc1ccccc1)C(=O)Nc1ccc(Cl)c(Cl)c1. The molecule has 0 unspecified atom stereocenters. The van der Waals surface area contributed by atoms with Crippen molar-refractivity contribution in [2.75, 3.05) is 10.6 Å². The number of hydrogen-bond donors (Lipinski definition) is 2. The van der Waals surface area contributed by atoms with E-state index in [1.165, 1.54) is 12.3 Å². The maximum Gasteiger partial charge on any atom is 0.267 e. The van der Waals surface area contributed by atoms with Gasteiger partial charge in [-0.15, -0.1) is 0 Å². The van der Waals surface area contributed by atoms with Crippen molar-refractivity contribution in [3.8, 4) is 6.07 Å². The van der Waals surface area contributed by atoms with Crippen LogP contribution in [0, 0.1) is 11.3 Å². The molecule has 0 aliphatic heterocycles. The maximum absolute atomic E-state index is 12.4. The third-order valence-corrected chi connectivity index (χ3v) is 5.60. The largest absolute Gasteiger partial charge is 0.359 e. The van der Waals surface area contributed by atoms with Gasteiger partial charge in [0.15, 0.2) is 0 Å². The van der Waals surface area contributed by atoms with Gasteiger partial charge in [0.1, 0.15) is 11.6 Å². The minimum absolute atomic E-state index is 0.0735. The average molecular weight is 440 g/mol. The number of nitriles is 1. The number of benzene rings is 3. The van der Waals surface area contributed by atoms with E-state index in [1.807, 2.05) is 60.7 Å². The van der Waals surface area contributed by atoms with Gasteiger partial charge >= 0.3 is 0 Å². The van der Waals surface area contributed by atoms with Crippen LogP contribution in [0.1, 0.15) is 0 Å². The molecule has 144 valence electrons. The standard InChI is InChI=1S/C22H15Cl2N3OS/c23-18-11-10-16(12-19(18)24)27-22(28)15(13-25)14-26-20-8-4-5-9-21(20)29-17-6-2-1-3-7-17/h1-12,14,26H,(H,27,28)/b15-14-. The summed E-state index contributed by atoms with van der Waals surface area (Å²) in [7, 11) is 0. The summed E-state index contributed by atoms with van der Waals surface area (Å²) in [6, 6.07) is 24.2. The predicted octanol–water partition coefficient (Wildman–Crippen LogP) is 6.60. The number of anilines is 2. The van der Waals surface area contributed by atoms with E-state index in [0.29, 0.717) is 15.7 Å². The van der Waals surface area contributed by atoms with Crippen LogP contribution in [0.15, 0.2) is 94.4 Å². The molecule has 1 amide bonds. The highest BCUT2D eigenvalue weighted by Gasteiger charge is 2.11. The van der Waals surface area contributed by atoms with Gasteiger partial charge in [-0.2, -0.15) is 5.26 Å². The van der Waals surface area contributed by atoms with E-state index >= 15 is 0 Å². The van der Waals surface area contributed by atoms with E-state index in [1.54, 1.807) is 23.9 Å². The van der Waals surface area contributed by atoms with Gasteiger partial charge in [-0.25, -0.2) is 0 Å². The Kier molecular flexibility index (Phi) is 7.20. The first-order chi connectivity index (χ1) is 14.1. The second-order valence-corrected chi connectivity index (χ2v) is 7.74. The molecule has 2 N–H and O–H groups in total. The molecule has 0 saturated carbocycles. The molecule has 0 spiro atoms.